The highest BCUT2D eigenvalue weighted by atomic mass is 15.2. The van der Waals surface area contributed by atoms with Gasteiger partial charge in [0, 0.05) is 19.0 Å². The number of aromatic nitrogens is 3. The second-order valence-corrected chi connectivity index (χ2v) is 5.07. The predicted octanol–water partition coefficient (Wildman–Crippen LogP) is 0.667. The first-order chi connectivity index (χ1) is 8.25. The zero-order valence-corrected chi connectivity index (χ0v) is 10.8. The van der Waals surface area contributed by atoms with E-state index >= 15 is 0 Å². The van der Waals surface area contributed by atoms with Crippen molar-refractivity contribution in [3.05, 3.63) is 12.2 Å². The van der Waals surface area contributed by atoms with Crippen LogP contribution in [0.25, 0.3) is 0 Å². The van der Waals surface area contributed by atoms with Crippen molar-refractivity contribution in [3.8, 4) is 0 Å². The van der Waals surface area contributed by atoms with Crippen LogP contribution >= 0.6 is 0 Å². The van der Waals surface area contributed by atoms with E-state index in [0.717, 1.165) is 24.7 Å². The van der Waals surface area contributed by atoms with Gasteiger partial charge in [-0.3, -0.25) is 5.10 Å². The molecule has 0 aromatic carbocycles. The lowest BCUT2D eigenvalue weighted by atomic mass is 9.90. The number of hydrogen-bond acceptors (Lipinski definition) is 4. The van der Waals surface area contributed by atoms with E-state index in [1.165, 1.54) is 25.9 Å². The van der Waals surface area contributed by atoms with Gasteiger partial charge in [0.15, 0.2) is 0 Å². The molecule has 1 fully saturated rings. The van der Waals surface area contributed by atoms with Crippen LogP contribution in [0.15, 0.2) is 6.33 Å². The topological polar surface area (TPSA) is 56.8 Å². The number of nitrogens with one attached hydrogen (secondary N) is 2. The fourth-order valence-electron chi connectivity index (χ4n) is 2.46. The average molecular weight is 237 g/mol. The fraction of sp³-hybridized carbons (Fsp3) is 0.833. The number of hydrogen-bond donors (Lipinski definition) is 2. The van der Waals surface area contributed by atoms with Crippen LogP contribution in [0.5, 0.6) is 0 Å². The van der Waals surface area contributed by atoms with E-state index in [0.29, 0.717) is 6.04 Å². The van der Waals surface area contributed by atoms with Crippen molar-refractivity contribution in [2.75, 3.05) is 26.7 Å². The molecule has 96 valence electrons. The molecule has 0 saturated carbocycles. The Labute approximate surface area is 103 Å². The minimum absolute atomic E-state index is 0.603. The number of rotatable bonds is 5. The molecule has 0 bridgehead atoms. The van der Waals surface area contributed by atoms with Gasteiger partial charge in [0.1, 0.15) is 12.2 Å². The smallest absolute Gasteiger partial charge is 0.137 e. The van der Waals surface area contributed by atoms with E-state index in [4.69, 9.17) is 0 Å². The summed E-state index contributed by atoms with van der Waals surface area (Å²) < 4.78 is 0. The maximum absolute atomic E-state index is 4.12. The van der Waals surface area contributed by atoms with Crippen molar-refractivity contribution in [2.24, 2.45) is 5.92 Å². The molecule has 1 unspecified atom stereocenters. The molecule has 2 N–H and O–H groups in total. The number of aromatic amines is 1. The molecule has 0 aliphatic carbocycles. The summed E-state index contributed by atoms with van der Waals surface area (Å²) in [5.74, 6) is 1.79. The molecule has 0 amide bonds. The quantitative estimate of drug-likeness (QED) is 0.790. The summed E-state index contributed by atoms with van der Waals surface area (Å²) in [6.45, 7) is 5.75. The molecule has 0 spiro atoms. The zero-order valence-electron chi connectivity index (χ0n) is 10.8. The first kappa shape index (κ1) is 12.5. The van der Waals surface area contributed by atoms with E-state index in [2.05, 4.69) is 39.4 Å². The number of nitrogens with zero attached hydrogens (tertiary/aromatic N) is 3. The Bertz CT molecular complexity index is 303. The molecule has 5 nitrogen and oxygen atoms in total. The van der Waals surface area contributed by atoms with Gasteiger partial charge >= 0.3 is 0 Å². The van der Waals surface area contributed by atoms with Crippen molar-refractivity contribution in [1.82, 2.24) is 25.4 Å². The van der Waals surface area contributed by atoms with Crippen LogP contribution in [0.4, 0.5) is 0 Å². The molecule has 1 atom stereocenters. The zero-order chi connectivity index (χ0) is 12.1. The van der Waals surface area contributed by atoms with Crippen LogP contribution in [-0.4, -0.2) is 52.8 Å². The van der Waals surface area contributed by atoms with Crippen molar-refractivity contribution in [3.63, 3.8) is 0 Å². The van der Waals surface area contributed by atoms with Crippen molar-refractivity contribution in [2.45, 2.75) is 32.2 Å². The highest BCUT2D eigenvalue weighted by Crippen LogP contribution is 2.19. The second kappa shape index (κ2) is 6.12. The molecule has 5 heteroatoms. The monoisotopic (exact) mass is 237 g/mol. The Morgan fingerprint density at radius 3 is 2.94 bits per heavy atom. The molecule has 2 heterocycles. The van der Waals surface area contributed by atoms with Gasteiger partial charge in [-0.1, -0.05) is 0 Å². The molecular weight excluding hydrogens is 214 g/mol. The van der Waals surface area contributed by atoms with Gasteiger partial charge in [-0.2, -0.15) is 5.10 Å². The third kappa shape index (κ3) is 3.78. The van der Waals surface area contributed by atoms with Crippen LogP contribution in [0.3, 0.4) is 0 Å². The molecule has 17 heavy (non-hydrogen) atoms. The lowest BCUT2D eigenvalue weighted by Crippen LogP contribution is -2.41. The summed E-state index contributed by atoms with van der Waals surface area (Å²) in [7, 11) is 2.21. The van der Waals surface area contributed by atoms with Crippen LogP contribution in [0.2, 0.25) is 0 Å². The predicted molar refractivity (Wildman–Crippen MR) is 67.8 cm³/mol. The summed E-state index contributed by atoms with van der Waals surface area (Å²) >= 11 is 0. The Hall–Kier alpha value is -0.940. The highest BCUT2D eigenvalue weighted by molar-refractivity contribution is 4.83. The molecule has 1 aromatic heterocycles. The van der Waals surface area contributed by atoms with Crippen molar-refractivity contribution in [1.29, 1.82) is 0 Å². The molecule has 1 aromatic rings. The summed E-state index contributed by atoms with van der Waals surface area (Å²) in [4.78, 5) is 6.54. The Morgan fingerprint density at radius 2 is 2.29 bits per heavy atom. The van der Waals surface area contributed by atoms with Crippen molar-refractivity contribution >= 4 is 0 Å². The van der Waals surface area contributed by atoms with E-state index in [1.54, 1.807) is 6.33 Å². The van der Waals surface area contributed by atoms with Gasteiger partial charge in [-0.25, -0.2) is 4.98 Å². The molecule has 1 aliphatic rings. The van der Waals surface area contributed by atoms with E-state index in [9.17, 15) is 0 Å². The largest absolute Gasteiger partial charge is 0.314 e. The number of piperidine rings is 1. The average Bonchev–Trinajstić information content (AvgIpc) is 2.83. The third-order valence-electron chi connectivity index (χ3n) is 3.76. The van der Waals surface area contributed by atoms with Gasteiger partial charge < -0.3 is 10.2 Å². The van der Waals surface area contributed by atoms with Gasteiger partial charge in [0.25, 0.3) is 0 Å². The standard InChI is InChI=1S/C12H23N5/c1-10(11-4-7-17(2)8-5-11)13-6-3-12-14-9-15-16-12/h9-11,13H,3-8H2,1-2H3,(H,14,15,16). The maximum Gasteiger partial charge on any atom is 0.137 e. The number of likely N-dealkylation sites (tertiary alicyclic amines) is 1. The summed E-state index contributed by atoms with van der Waals surface area (Å²) in [6.07, 6.45) is 5.12. The molecule has 1 saturated heterocycles. The van der Waals surface area contributed by atoms with Gasteiger partial charge in [-0.15, -0.1) is 0 Å². The Balaban J connectivity index is 1.65. The van der Waals surface area contributed by atoms with E-state index in [-0.39, 0.29) is 0 Å². The maximum atomic E-state index is 4.12. The van der Waals surface area contributed by atoms with Crippen LogP contribution in [-0.2, 0) is 6.42 Å². The van der Waals surface area contributed by atoms with E-state index < -0.39 is 0 Å². The normalized spacial score (nSPS) is 20.6. The highest BCUT2D eigenvalue weighted by Gasteiger charge is 2.21. The first-order valence-corrected chi connectivity index (χ1v) is 6.52. The minimum atomic E-state index is 0.603. The van der Waals surface area contributed by atoms with Crippen LogP contribution in [0.1, 0.15) is 25.6 Å². The third-order valence-corrected chi connectivity index (χ3v) is 3.76. The first-order valence-electron chi connectivity index (χ1n) is 6.52. The van der Waals surface area contributed by atoms with Gasteiger partial charge in [0.2, 0.25) is 0 Å². The Kier molecular flexibility index (Phi) is 4.50. The molecular formula is C12H23N5. The number of H-pyrrole nitrogens is 1. The second-order valence-electron chi connectivity index (χ2n) is 5.07. The summed E-state index contributed by atoms with van der Waals surface area (Å²) in [6, 6.07) is 0.603. The lowest BCUT2D eigenvalue weighted by Gasteiger charge is -2.33. The summed E-state index contributed by atoms with van der Waals surface area (Å²) in [5, 5.41) is 10.3. The van der Waals surface area contributed by atoms with Crippen LogP contribution < -0.4 is 5.32 Å². The molecule has 2 rings (SSSR count). The van der Waals surface area contributed by atoms with Gasteiger partial charge in [-0.05, 0) is 45.8 Å². The Morgan fingerprint density at radius 1 is 1.53 bits per heavy atom. The fourth-order valence-corrected chi connectivity index (χ4v) is 2.46. The lowest BCUT2D eigenvalue weighted by molar-refractivity contribution is 0.190. The molecule has 1 aliphatic heterocycles. The SMILES string of the molecule is CC(NCCc1ncn[nH]1)C1CCN(C)CC1. The minimum Gasteiger partial charge on any atom is -0.314 e. The van der Waals surface area contributed by atoms with Crippen molar-refractivity contribution < 1.29 is 0 Å². The van der Waals surface area contributed by atoms with E-state index in [1.807, 2.05) is 0 Å². The van der Waals surface area contributed by atoms with Gasteiger partial charge in [0.05, 0.1) is 0 Å². The van der Waals surface area contributed by atoms with Crippen LogP contribution in [0, 0.1) is 5.92 Å². The molecule has 0 radical (unpaired) electrons. The summed E-state index contributed by atoms with van der Waals surface area (Å²) in [5.41, 5.74) is 0.